The van der Waals surface area contributed by atoms with E-state index in [0.717, 1.165) is 0 Å². The predicted octanol–water partition coefficient (Wildman–Crippen LogP) is -8.58. The van der Waals surface area contributed by atoms with Gasteiger partial charge in [-0.3, -0.25) is 0 Å². The van der Waals surface area contributed by atoms with Crippen molar-refractivity contribution < 1.29 is 218 Å². The second-order valence-electron chi connectivity index (χ2n) is 1.34. The Bertz CT molecular complexity index is 477. The Morgan fingerprint density at radius 3 is 0.308 bits per heavy atom. The molecule has 18 nitrogen and oxygen atoms in total. The SMILES string of the molecule is [Ag+].[Nb+5].[O]=[Ta](=[O])[O-].[O]=[Ta](=[O])[O-].[O]=[Ta](=[O])[O-].[O]=[Ta](=[O])[O-].[O]=[Ta](=[O])[O-].[O]=[Ta](=[O])[O-]. The first-order valence-electron chi connectivity index (χ1n) is 3.29. The first kappa shape index (κ1) is 51.7. The van der Waals surface area contributed by atoms with Crippen LogP contribution in [0.3, 0.4) is 0 Å². The fourth-order valence-electron chi connectivity index (χ4n) is 0. The van der Waals surface area contributed by atoms with E-state index in [1.165, 1.54) is 0 Å². The van der Waals surface area contributed by atoms with Crippen LogP contribution in [0.1, 0.15) is 0 Å². The van der Waals surface area contributed by atoms with Crippen molar-refractivity contribution >= 4 is 0 Å². The van der Waals surface area contributed by atoms with Gasteiger partial charge >= 0.3 is 218 Å². The fourth-order valence-corrected chi connectivity index (χ4v) is 0. The summed E-state index contributed by atoms with van der Waals surface area (Å²) < 4.78 is 155. The molecule has 0 N–H and O–H groups in total. The summed E-state index contributed by atoms with van der Waals surface area (Å²) >= 11 is -26.1. The molecule has 0 unspecified atom stereocenters. The Morgan fingerprint density at radius 1 is 0.308 bits per heavy atom. The average Bonchev–Trinajstić information content (AvgIpc) is 2.08. The van der Waals surface area contributed by atoms with Gasteiger partial charge in [-0.15, -0.1) is 0 Å². The van der Waals surface area contributed by atoms with Crippen LogP contribution >= 0.6 is 0 Å². The summed E-state index contributed by atoms with van der Waals surface area (Å²) in [6.45, 7) is 0. The van der Waals surface area contributed by atoms with Crippen molar-refractivity contribution in [3.63, 3.8) is 0 Å². The van der Waals surface area contributed by atoms with E-state index in [4.69, 9.17) is 60.7 Å². The molecule has 0 aromatic rings. The third-order valence-electron chi connectivity index (χ3n) is 0. The number of hydrogen-bond donors (Lipinski definition) is 0. The van der Waals surface area contributed by atoms with Crippen LogP contribution in [0.4, 0.5) is 0 Å². The third-order valence-corrected chi connectivity index (χ3v) is 0. The van der Waals surface area contributed by atoms with Crippen molar-refractivity contribution in [2.24, 2.45) is 0 Å². The summed E-state index contributed by atoms with van der Waals surface area (Å²) in [7, 11) is 0. The maximum atomic E-state index is 8.62. The molecule has 0 radical (unpaired) electrons. The van der Waals surface area contributed by atoms with Gasteiger partial charge < -0.3 is 0 Å². The van der Waals surface area contributed by atoms with Crippen LogP contribution < -0.4 is 21.7 Å². The van der Waals surface area contributed by atoms with Gasteiger partial charge in [0.05, 0.1) is 0 Å². The Labute approximate surface area is 214 Å². The van der Waals surface area contributed by atoms with E-state index < -0.39 is 113 Å². The third kappa shape index (κ3) is 1750. The van der Waals surface area contributed by atoms with Crippen molar-refractivity contribution in [3.05, 3.63) is 0 Å². The van der Waals surface area contributed by atoms with Crippen LogP contribution in [0.2, 0.25) is 0 Å². The Kier molecular flexibility index (Phi) is 92.4. The van der Waals surface area contributed by atoms with Gasteiger partial charge in [-0.2, -0.15) is 0 Å². The molecule has 0 aliphatic heterocycles. The molecule has 0 spiro atoms. The molecule has 26 heavy (non-hydrogen) atoms. The maximum absolute atomic E-state index is 8.62. The summed E-state index contributed by atoms with van der Waals surface area (Å²) in [4.78, 5) is 0. The van der Waals surface area contributed by atoms with E-state index >= 15 is 0 Å². The van der Waals surface area contributed by atoms with Gasteiger partial charge in [0.1, 0.15) is 0 Å². The molecule has 154 valence electrons. The van der Waals surface area contributed by atoms with Crippen LogP contribution in [0.15, 0.2) is 0 Å². The molecule has 0 aliphatic carbocycles. The first-order valence-corrected chi connectivity index (χ1v) is 26.9. The van der Waals surface area contributed by atoms with Crippen LogP contribution in [0.25, 0.3) is 0 Å². The van der Waals surface area contributed by atoms with E-state index in [1.807, 2.05) is 0 Å². The molecule has 0 saturated heterocycles. The second kappa shape index (κ2) is 46.5. The van der Waals surface area contributed by atoms with Crippen molar-refractivity contribution in [2.45, 2.75) is 0 Å². The predicted molar refractivity (Wildman–Crippen MR) is 8.24 cm³/mol. The summed E-state index contributed by atoms with van der Waals surface area (Å²) in [5.74, 6) is 0. The van der Waals surface area contributed by atoms with E-state index in [2.05, 4.69) is 0 Å². The number of hydrogen-bond acceptors (Lipinski definition) is 18. The van der Waals surface area contributed by atoms with Gasteiger partial charge in [0, 0.05) is 0 Å². The molecule has 0 bridgehead atoms. The molecule has 26 heteroatoms. The van der Waals surface area contributed by atoms with Crippen molar-refractivity contribution in [2.75, 3.05) is 0 Å². The Hall–Kier alpha value is 3.28. The van der Waals surface area contributed by atoms with Crippen molar-refractivity contribution in [1.29, 1.82) is 0 Å². The quantitative estimate of drug-likeness (QED) is 0.203. The topological polar surface area (TPSA) is 343 Å². The molecular formula is AgNbO18Ta6. The molecule has 0 saturated carbocycles. The molecule has 0 aromatic carbocycles. The normalized spacial score (nSPS) is 5.77. The van der Waals surface area contributed by atoms with Crippen LogP contribution in [-0.2, 0) is 196 Å². The van der Waals surface area contributed by atoms with Crippen LogP contribution in [-0.4, -0.2) is 0 Å². The van der Waals surface area contributed by atoms with E-state index in [9.17, 15) is 0 Å². The standard InChI is InChI=1S/Ag.Nb.18O.6Ta/q+1;+5;;;;;;;;;;;;;6*-1;;;;;;. The molecule has 0 amide bonds. The van der Waals surface area contributed by atoms with Crippen LogP contribution in [0, 0.1) is 0 Å². The zero-order chi connectivity index (χ0) is 21.5. The summed E-state index contributed by atoms with van der Waals surface area (Å²) in [5, 5.41) is 0. The second-order valence-corrected chi connectivity index (χ2v) is 11.0. The van der Waals surface area contributed by atoms with E-state index in [-0.39, 0.29) is 44.8 Å². The van der Waals surface area contributed by atoms with Gasteiger partial charge in [0.15, 0.2) is 0 Å². The van der Waals surface area contributed by atoms with E-state index in [0.29, 0.717) is 0 Å². The fraction of sp³-hybridized carbons (Fsp3) is 0. The molecule has 0 aromatic heterocycles. The average molecular weight is 1570 g/mol. The van der Waals surface area contributed by atoms with E-state index in [1.54, 1.807) is 0 Å². The van der Waals surface area contributed by atoms with Crippen molar-refractivity contribution in [1.82, 2.24) is 0 Å². The van der Waals surface area contributed by atoms with Crippen molar-refractivity contribution in [3.8, 4) is 0 Å². The van der Waals surface area contributed by atoms with Gasteiger partial charge in [-0.1, -0.05) is 0 Å². The summed E-state index contributed by atoms with van der Waals surface area (Å²) in [6, 6.07) is 0. The van der Waals surface area contributed by atoms with Crippen LogP contribution in [0.5, 0.6) is 0 Å². The molecule has 0 aliphatic rings. The zero-order valence-corrected chi connectivity index (χ0v) is 33.7. The Morgan fingerprint density at radius 2 is 0.308 bits per heavy atom. The molecule has 0 rings (SSSR count). The molecular weight excluding hydrogens is 1570 g/mol. The van der Waals surface area contributed by atoms with Gasteiger partial charge in [-0.05, 0) is 0 Å². The van der Waals surface area contributed by atoms with Gasteiger partial charge in [0.2, 0.25) is 0 Å². The monoisotopic (exact) mass is 1570 g/mol. The van der Waals surface area contributed by atoms with Gasteiger partial charge in [-0.25, -0.2) is 0 Å². The zero-order valence-electron chi connectivity index (χ0n) is 10.8. The molecule has 0 heterocycles. The minimum absolute atomic E-state index is 0. The number of rotatable bonds is 0. The van der Waals surface area contributed by atoms with Gasteiger partial charge in [0.25, 0.3) is 0 Å². The molecule has 0 fully saturated rings. The summed E-state index contributed by atoms with van der Waals surface area (Å²) in [6.07, 6.45) is 0. The summed E-state index contributed by atoms with van der Waals surface area (Å²) in [5.41, 5.74) is 0. The Balaban J connectivity index is -0.0000000245. The first-order chi connectivity index (χ1) is 10.4. The molecule has 0 atom stereocenters. The minimum atomic E-state index is -4.34.